The molecule has 0 heterocycles. The maximum Gasteiger partial charge on any atom is 0.472 e. The zero-order valence-electron chi connectivity index (χ0n) is 37.9. The Morgan fingerprint density at radius 3 is 1.70 bits per heavy atom. The van der Waals surface area contributed by atoms with Gasteiger partial charge in [0.25, 0.3) is 0 Å². The third kappa shape index (κ3) is 42.2. The van der Waals surface area contributed by atoms with Crippen molar-refractivity contribution >= 4 is 25.7 Å². The second-order valence-corrected chi connectivity index (χ2v) is 17.2. The van der Waals surface area contributed by atoms with Gasteiger partial charge >= 0.3 is 25.7 Å². The van der Waals surface area contributed by atoms with Gasteiger partial charge in [0, 0.05) is 12.8 Å². The first-order valence-corrected chi connectivity index (χ1v) is 24.9. The van der Waals surface area contributed by atoms with E-state index >= 15 is 0 Å². The van der Waals surface area contributed by atoms with Crippen LogP contribution < -0.4 is 5.73 Å². The maximum atomic E-state index is 12.6. The van der Waals surface area contributed by atoms with Crippen LogP contribution in [-0.4, -0.2) is 71.1 Å². The smallest absolute Gasteiger partial charge is 0.472 e. The highest BCUT2D eigenvalue weighted by atomic mass is 31.2. The molecule has 5 N–H and O–H groups in total. The summed E-state index contributed by atoms with van der Waals surface area (Å²) in [6.07, 6.45) is 46.1. The minimum absolute atomic E-state index is 0.0632. The number of rotatable bonds is 43. The average Bonchev–Trinajstić information content (AvgIpc) is 3.23. The molecule has 0 fully saturated rings. The molecule has 13 heteroatoms. The van der Waals surface area contributed by atoms with Gasteiger partial charge < -0.3 is 30.3 Å². The predicted octanol–water partition coefficient (Wildman–Crippen LogP) is 11.7. The number of unbranched alkanes of at least 4 members (excludes halogenated alkanes) is 18. The van der Waals surface area contributed by atoms with Gasteiger partial charge in [0.2, 0.25) is 0 Å². The van der Waals surface area contributed by atoms with Crippen LogP contribution in [0.1, 0.15) is 187 Å². The highest BCUT2D eigenvalue weighted by molar-refractivity contribution is 7.47. The third-order valence-electron chi connectivity index (χ3n) is 9.84. The highest BCUT2D eigenvalue weighted by Crippen LogP contribution is 2.43. The van der Waals surface area contributed by atoms with E-state index in [1.807, 2.05) is 42.5 Å². The number of hydrogen-bond acceptors (Lipinski definition) is 10. The Hall–Kier alpha value is -2.86. The molecule has 0 aromatic carbocycles. The lowest BCUT2D eigenvalue weighted by Crippen LogP contribution is -2.34. The van der Waals surface area contributed by atoms with Crippen LogP contribution in [0.25, 0.3) is 0 Å². The highest BCUT2D eigenvalue weighted by Gasteiger charge is 2.28. The average molecular weight is 882 g/mol. The predicted molar refractivity (Wildman–Crippen MR) is 246 cm³/mol. The summed E-state index contributed by atoms with van der Waals surface area (Å²) in [5, 5.41) is 18.8. The number of ether oxygens (including phenoxy) is 2. The van der Waals surface area contributed by atoms with Crippen molar-refractivity contribution in [3.63, 3.8) is 0 Å². The Labute approximate surface area is 369 Å². The van der Waals surface area contributed by atoms with Crippen LogP contribution in [0.2, 0.25) is 0 Å². The molecule has 61 heavy (non-hydrogen) atoms. The number of hydrogen-bond donors (Lipinski definition) is 4. The molecule has 0 amide bonds. The van der Waals surface area contributed by atoms with Gasteiger partial charge in [-0.25, -0.2) is 4.57 Å². The monoisotopic (exact) mass is 882 g/mol. The normalized spacial score (nSPS) is 14.7. The molecule has 0 radical (unpaired) electrons. The van der Waals surface area contributed by atoms with Crippen molar-refractivity contribution in [2.24, 2.45) is 5.73 Å². The number of aliphatic hydroxyl groups is 1. The van der Waals surface area contributed by atoms with Crippen molar-refractivity contribution in [2.75, 3.05) is 19.8 Å². The number of carboxylic acid groups (broad SMARTS) is 1. The number of phosphoric acid groups is 1. The number of esters is 2. The van der Waals surface area contributed by atoms with Gasteiger partial charge in [0.05, 0.1) is 19.3 Å². The van der Waals surface area contributed by atoms with Crippen molar-refractivity contribution in [3.05, 3.63) is 60.8 Å². The molecule has 352 valence electrons. The van der Waals surface area contributed by atoms with E-state index in [-0.39, 0.29) is 19.4 Å². The van der Waals surface area contributed by atoms with E-state index in [9.17, 15) is 28.9 Å². The minimum Gasteiger partial charge on any atom is -0.480 e. The van der Waals surface area contributed by atoms with Crippen LogP contribution in [-0.2, 0) is 37.5 Å². The van der Waals surface area contributed by atoms with Crippen LogP contribution in [0.3, 0.4) is 0 Å². The van der Waals surface area contributed by atoms with E-state index in [4.69, 9.17) is 24.8 Å². The van der Waals surface area contributed by atoms with Gasteiger partial charge in [0.1, 0.15) is 12.6 Å². The van der Waals surface area contributed by atoms with Crippen molar-refractivity contribution in [1.82, 2.24) is 0 Å². The summed E-state index contributed by atoms with van der Waals surface area (Å²) in [5.74, 6) is -2.49. The minimum atomic E-state index is -4.75. The number of carboxylic acids is 1. The fraction of sp³-hybridized carbons (Fsp3) is 0.729. The summed E-state index contributed by atoms with van der Waals surface area (Å²) in [6.45, 7) is 2.61. The van der Waals surface area contributed by atoms with Gasteiger partial charge in [-0.05, 0) is 64.2 Å². The summed E-state index contributed by atoms with van der Waals surface area (Å²) >= 11 is 0. The van der Waals surface area contributed by atoms with E-state index < -0.39 is 57.2 Å². The molecule has 12 nitrogen and oxygen atoms in total. The summed E-state index contributed by atoms with van der Waals surface area (Å²) in [5.41, 5.74) is 5.33. The van der Waals surface area contributed by atoms with Crippen molar-refractivity contribution in [2.45, 2.75) is 205 Å². The molecular formula is C48H84NO11P. The first-order valence-electron chi connectivity index (χ1n) is 23.4. The largest absolute Gasteiger partial charge is 0.480 e. The summed E-state index contributed by atoms with van der Waals surface area (Å²) in [7, 11) is -4.75. The van der Waals surface area contributed by atoms with Crippen LogP contribution in [0.5, 0.6) is 0 Å². The molecule has 0 rings (SSSR count). The Morgan fingerprint density at radius 2 is 1.08 bits per heavy atom. The number of aliphatic carboxylic acids is 1. The molecule has 0 spiro atoms. The number of aliphatic hydroxyl groups excluding tert-OH is 1. The quantitative estimate of drug-likeness (QED) is 0.0149. The van der Waals surface area contributed by atoms with E-state index in [1.165, 1.54) is 83.5 Å². The fourth-order valence-corrected chi connectivity index (χ4v) is 6.88. The second kappa shape index (κ2) is 42.4. The molecular weight excluding hydrogens is 797 g/mol. The summed E-state index contributed by atoms with van der Waals surface area (Å²) < 4.78 is 32.7. The van der Waals surface area contributed by atoms with Crippen molar-refractivity contribution in [1.29, 1.82) is 0 Å². The number of phosphoric ester groups is 1. The van der Waals surface area contributed by atoms with Gasteiger partial charge in [-0.2, -0.15) is 0 Å². The molecule has 4 atom stereocenters. The van der Waals surface area contributed by atoms with E-state index in [2.05, 4.69) is 36.6 Å². The Morgan fingerprint density at radius 1 is 0.590 bits per heavy atom. The molecule has 0 bridgehead atoms. The fourth-order valence-electron chi connectivity index (χ4n) is 6.10. The second-order valence-electron chi connectivity index (χ2n) is 15.7. The van der Waals surface area contributed by atoms with Crippen molar-refractivity contribution in [3.8, 4) is 0 Å². The Kier molecular flexibility index (Phi) is 40.5. The SMILES string of the molecule is CCCCCCCC/C=C\CCCCCCCCCCCC(=O)OC[C@H](COP(=O)(O)OC[C@H](N)C(=O)O)OC(=O)CCC/C=C\C/C=C\C/C=C\C=C\[C@@H](O)CCCCC. The van der Waals surface area contributed by atoms with E-state index in [0.717, 1.165) is 57.8 Å². The lowest BCUT2D eigenvalue weighted by molar-refractivity contribution is -0.161. The van der Waals surface area contributed by atoms with Crippen LogP contribution in [0.4, 0.5) is 0 Å². The zero-order chi connectivity index (χ0) is 45.1. The molecule has 1 unspecified atom stereocenters. The Balaban J connectivity index is 4.44. The van der Waals surface area contributed by atoms with Gasteiger partial charge in [-0.15, -0.1) is 0 Å². The van der Waals surface area contributed by atoms with Gasteiger partial charge in [0.15, 0.2) is 6.10 Å². The number of carbonyl (C=O) groups excluding carboxylic acids is 2. The number of carbonyl (C=O) groups is 3. The molecule has 0 aliphatic carbocycles. The zero-order valence-corrected chi connectivity index (χ0v) is 38.7. The summed E-state index contributed by atoms with van der Waals surface area (Å²) in [6, 6.07) is -1.54. The van der Waals surface area contributed by atoms with Gasteiger partial charge in [-0.1, -0.05) is 171 Å². The maximum absolute atomic E-state index is 12.6. The topological polar surface area (TPSA) is 192 Å². The first-order chi connectivity index (χ1) is 29.5. The van der Waals surface area contributed by atoms with Crippen molar-refractivity contribution < 1.29 is 52.6 Å². The molecule has 0 saturated carbocycles. The standard InChI is InChI=1S/C48H84NO11P/c1-3-5-7-8-9-10-11-12-13-14-15-16-17-18-21-24-27-30-34-38-46(51)57-40-44(41-58-61(55,56)59-42-45(49)48(53)54)60-47(52)39-35-31-28-25-22-19-20-23-26-29-33-37-43(50)36-32-6-4-2/h12-13,19-20,25-26,28-29,33,37,43-45,50H,3-11,14-18,21-24,27,30-32,34-36,38-42,49H2,1-2H3,(H,53,54)(H,55,56)/b13-12-,20-19-,28-25-,29-26-,37-33+/t43-,44+,45-/m0/s1. The Bertz CT molecular complexity index is 1280. The number of allylic oxidation sites excluding steroid dienone is 9. The molecule has 0 aromatic rings. The van der Waals surface area contributed by atoms with E-state index in [0.29, 0.717) is 19.3 Å². The van der Waals surface area contributed by atoms with Gasteiger partial charge in [-0.3, -0.25) is 23.4 Å². The molecule has 0 aliphatic heterocycles. The molecule has 0 saturated heterocycles. The van der Waals surface area contributed by atoms with E-state index in [1.54, 1.807) is 0 Å². The number of nitrogens with two attached hydrogens (primary N) is 1. The lowest BCUT2D eigenvalue weighted by Gasteiger charge is -2.20. The molecule has 0 aliphatic rings. The third-order valence-corrected chi connectivity index (χ3v) is 10.8. The van der Waals surface area contributed by atoms with Crippen LogP contribution in [0.15, 0.2) is 60.8 Å². The molecule has 0 aromatic heterocycles. The lowest BCUT2D eigenvalue weighted by atomic mass is 10.1. The van der Waals surface area contributed by atoms with Crippen LogP contribution >= 0.6 is 7.82 Å². The summed E-state index contributed by atoms with van der Waals surface area (Å²) in [4.78, 5) is 46.0. The first kappa shape index (κ1) is 58.1. The van der Waals surface area contributed by atoms with Crippen LogP contribution in [0, 0.1) is 0 Å².